The topological polar surface area (TPSA) is 76.9 Å². The van der Waals surface area contributed by atoms with Gasteiger partial charge in [-0.3, -0.25) is 0 Å². The molecule has 0 spiro atoms. The highest BCUT2D eigenvalue weighted by Crippen LogP contribution is 2.43. The van der Waals surface area contributed by atoms with E-state index >= 15 is 0 Å². The summed E-state index contributed by atoms with van der Waals surface area (Å²) in [5.74, 6) is 1.69. The molecule has 3 fully saturated rings. The minimum atomic E-state index is -0.371. The number of benzene rings is 1. The summed E-state index contributed by atoms with van der Waals surface area (Å²) in [5, 5.41) is 16.0. The number of aromatic nitrogens is 2. The van der Waals surface area contributed by atoms with Gasteiger partial charge in [0.05, 0.1) is 17.3 Å². The maximum Gasteiger partial charge on any atom is 0.229 e. The maximum atomic E-state index is 14.7. The number of hydrogen-bond acceptors (Lipinski definition) is 6. The summed E-state index contributed by atoms with van der Waals surface area (Å²) in [6, 6.07) is 5.95. The van der Waals surface area contributed by atoms with Crippen molar-refractivity contribution in [2.24, 2.45) is 5.92 Å². The van der Waals surface area contributed by atoms with Gasteiger partial charge in [-0.05, 0) is 88.1 Å². The van der Waals surface area contributed by atoms with E-state index in [0.29, 0.717) is 29.4 Å². The normalized spacial score (nSPS) is 23.3. The predicted octanol–water partition coefficient (Wildman–Crippen LogP) is 5.09. The molecule has 0 amide bonds. The molecule has 3 heterocycles. The summed E-state index contributed by atoms with van der Waals surface area (Å²) in [6.07, 6.45) is 10.3. The van der Waals surface area contributed by atoms with Crippen molar-refractivity contribution in [3.63, 3.8) is 0 Å². The van der Waals surface area contributed by atoms with Crippen LogP contribution in [-0.4, -0.2) is 40.5 Å². The molecule has 1 saturated carbocycles. The monoisotopic (exact) mass is 434 g/mol. The van der Waals surface area contributed by atoms with Crippen LogP contribution in [0.1, 0.15) is 67.6 Å². The minimum absolute atomic E-state index is 0.242. The van der Waals surface area contributed by atoms with Crippen LogP contribution in [0.2, 0.25) is 0 Å². The molecular weight excluding hydrogens is 403 g/mol. The predicted molar refractivity (Wildman–Crippen MR) is 124 cm³/mol. The molecular formula is C25H31FN6. The summed E-state index contributed by atoms with van der Waals surface area (Å²) in [4.78, 5) is 11.6. The van der Waals surface area contributed by atoms with Gasteiger partial charge in [-0.2, -0.15) is 10.2 Å². The average molecular weight is 435 g/mol. The number of fused-ring (bicyclic) bond motifs is 1. The molecule has 1 aromatic heterocycles. The van der Waals surface area contributed by atoms with Crippen molar-refractivity contribution < 1.29 is 4.39 Å². The quantitative estimate of drug-likeness (QED) is 0.659. The number of halogens is 1. The Morgan fingerprint density at radius 1 is 1.16 bits per heavy atom. The van der Waals surface area contributed by atoms with E-state index < -0.39 is 0 Å². The highest BCUT2D eigenvalue weighted by molar-refractivity contribution is 5.61. The van der Waals surface area contributed by atoms with Gasteiger partial charge in [0.2, 0.25) is 5.95 Å². The van der Waals surface area contributed by atoms with E-state index in [1.807, 2.05) is 6.92 Å². The van der Waals surface area contributed by atoms with Crippen molar-refractivity contribution in [1.82, 2.24) is 14.9 Å². The SMILES string of the molecule is Cc1cnc(Nc2cc(C#N)c(C3CC3)cc2F)nc1NCC1CCCN2CCCCC12. The lowest BCUT2D eigenvalue weighted by atomic mass is 9.83. The molecule has 0 bridgehead atoms. The van der Waals surface area contributed by atoms with Crippen LogP contribution in [0, 0.1) is 30.0 Å². The molecule has 6 nitrogen and oxygen atoms in total. The first-order valence-electron chi connectivity index (χ1n) is 11.9. The fourth-order valence-electron chi connectivity index (χ4n) is 5.36. The maximum absolute atomic E-state index is 14.7. The fraction of sp³-hybridized carbons (Fsp3) is 0.560. The summed E-state index contributed by atoms with van der Waals surface area (Å²) >= 11 is 0. The molecule has 2 N–H and O–H groups in total. The Morgan fingerprint density at radius 3 is 2.81 bits per heavy atom. The molecule has 2 aromatic rings. The zero-order chi connectivity index (χ0) is 22.1. The van der Waals surface area contributed by atoms with E-state index in [0.717, 1.165) is 36.3 Å². The molecule has 2 unspecified atom stereocenters. The van der Waals surface area contributed by atoms with Gasteiger partial charge in [-0.1, -0.05) is 6.42 Å². The third-order valence-corrected chi connectivity index (χ3v) is 7.26. The van der Waals surface area contributed by atoms with E-state index in [-0.39, 0.29) is 11.5 Å². The molecule has 2 saturated heterocycles. The van der Waals surface area contributed by atoms with Crippen LogP contribution >= 0.6 is 0 Å². The van der Waals surface area contributed by atoms with Gasteiger partial charge in [-0.15, -0.1) is 0 Å². The highest BCUT2D eigenvalue weighted by atomic mass is 19.1. The van der Waals surface area contributed by atoms with E-state index in [1.165, 1.54) is 51.3 Å². The number of nitrogens with zero attached hydrogens (tertiary/aromatic N) is 4. The van der Waals surface area contributed by atoms with Crippen LogP contribution in [-0.2, 0) is 0 Å². The van der Waals surface area contributed by atoms with Gasteiger partial charge in [0.1, 0.15) is 11.6 Å². The Labute approximate surface area is 189 Å². The van der Waals surface area contributed by atoms with Crippen LogP contribution in [0.5, 0.6) is 0 Å². The first-order chi connectivity index (χ1) is 15.6. The second-order valence-electron chi connectivity index (χ2n) is 9.54. The summed E-state index contributed by atoms with van der Waals surface area (Å²) < 4.78 is 14.7. The molecule has 32 heavy (non-hydrogen) atoms. The van der Waals surface area contributed by atoms with Gasteiger partial charge in [0.25, 0.3) is 0 Å². The van der Waals surface area contributed by atoms with E-state index in [4.69, 9.17) is 0 Å². The highest BCUT2D eigenvalue weighted by Gasteiger charge is 2.33. The molecule has 1 aromatic carbocycles. The second-order valence-corrected chi connectivity index (χ2v) is 9.54. The van der Waals surface area contributed by atoms with Crippen LogP contribution in [0.15, 0.2) is 18.3 Å². The van der Waals surface area contributed by atoms with Gasteiger partial charge in [0.15, 0.2) is 0 Å². The van der Waals surface area contributed by atoms with Gasteiger partial charge < -0.3 is 15.5 Å². The third-order valence-electron chi connectivity index (χ3n) is 7.26. The first-order valence-corrected chi connectivity index (χ1v) is 11.9. The molecule has 3 aliphatic rings. The van der Waals surface area contributed by atoms with Crippen LogP contribution < -0.4 is 10.6 Å². The lowest BCUT2D eigenvalue weighted by molar-refractivity contribution is 0.0649. The number of nitriles is 1. The molecule has 0 radical (unpaired) electrons. The number of piperidine rings is 2. The van der Waals surface area contributed by atoms with Gasteiger partial charge in [0, 0.05) is 24.3 Å². The lowest BCUT2D eigenvalue weighted by Gasteiger charge is -2.44. The summed E-state index contributed by atoms with van der Waals surface area (Å²) in [5.41, 5.74) is 2.54. The molecule has 2 atom stereocenters. The Kier molecular flexibility index (Phi) is 5.97. The van der Waals surface area contributed by atoms with Gasteiger partial charge in [-0.25, -0.2) is 9.37 Å². The standard InChI is InChI=1S/C25H31FN6/c1-16-14-29-25(30-22-11-19(13-27)20(12-21(22)26)17-7-8-17)31-24(16)28-15-18-5-4-10-32-9-3-2-6-23(18)32/h11-12,14,17-18,23H,2-10,15H2,1H3,(H2,28,29,30,31). The van der Waals surface area contributed by atoms with E-state index in [2.05, 4.69) is 31.6 Å². The molecule has 1 aliphatic carbocycles. The number of rotatable bonds is 6. The van der Waals surface area contributed by atoms with Gasteiger partial charge >= 0.3 is 0 Å². The zero-order valence-electron chi connectivity index (χ0n) is 18.7. The number of anilines is 3. The second kappa shape index (κ2) is 9.03. The van der Waals surface area contributed by atoms with E-state index in [1.54, 1.807) is 12.3 Å². The van der Waals surface area contributed by atoms with Crippen LogP contribution in [0.25, 0.3) is 0 Å². The number of aryl methyl sites for hydroxylation is 1. The average Bonchev–Trinajstić information content (AvgIpc) is 3.66. The smallest absolute Gasteiger partial charge is 0.229 e. The zero-order valence-corrected chi connectivity index (χ0v) is 18.7. The number of nitrogens with one attached hydrogen (secondary N) is 2. The first kappa shape index (κ1) is 21.1. The number of hydrogen-bond donors (Lipinski definition) is 2. The molecule has 2 aliphatic heterocycles. The van der Waals surface area contributed by atoms with Crippen molar-refractivity contribution >= 4 is 17.5 Å². The van der Waals surface area contributed by atoms with Crippen molar-refractivity contribution in [2.75, 3.05) is 30.3 Å². The molecule has 5 rings (SSSR count). The Bertz CT molecular complexity index is 1030. The van der Waals surface area contributed by atoms with Crippen molar-refractivity contribution in [3.05, 3.63) is 40.8 Å². The minimum Gasteiger partial charge on any atom is -0.369 e. The summed E-state index contributed by atoms with van der Waals surface area (Å²) in [7, 11) is 0. The van der Waals surface area contributed by atoms with E-state index in [9.17, 15) is 9.65 Å². The van der Waals surface area contributed by atoms with Crippen molar-refractivity contribution in [1.29, 1.82) is 5.26 Å². The third kappa shape index (κ3) is 4.42. The van der Waals surface area contributed by atoms with Crippen molar-refractivity contribution in [3.8, 4) is 6.07 Å². The van der Waals surface area contributed by atoms with Crippen molar-refractivity contribution in [2.45, 2.75) is 63.8 Å². The Balaban J connectivity index is 1.29. The van der Waals surface area contributed by atoms with Crippen LogP contribution in [0.4, 0.5) is 21.8 Å². The van der Waals surface area contributed by atoms with Crippen LogP contribution in [0.3, 0.4) is 0 Å². The Hall–Kier alpha value is -2.72. The summed E-state index contributed by atoms with van der Waals surface area (Å²) in [6.45, 7) is 5.34. The fourth-order valence-corrected chi connectivity index (χ4v) is 5.36. The lowest BCUT2D eigenvalue weighted by Crippen LogP contribution is -2.49. The molecule has 7 heteroatoms. The Morgan fingerprint density at radius 2 is 2.00 bits per heavy atom. The molecule has 168 valence electrons. The largest absolute Gasteiger partial charge is 0.369 e.